The summed E-state index contributed by atoms with van der Waals surface area (Å²) in [6.07, 6.45) is -0.660. The van der Waals surface area contributed by atoms with Gasteiger partial charge in [0.1, 0.15) is 5.75 Å². The van der Waals surface area contributed by atoms with E-state index in [1.165, 1.54) is 5.56 Å². The highest BCUT2D eigenvalue weighted by Crippen LogP contribution is 2.20. The molecule has 0 bridgehead atoms. The van der Waals surface area contributed by atoms with E-state index in [-0.39, 0.29) is 11.8 Å². The summed E-state index contributed by atoms with van der Waals surface area (Å²) in [5, 5.41) is 2.83. The Balaban J connectivity index is 2.01. The second kappa shape index (κ2) is 9.93. The van der Waals surface area contributed by atoms with Gasteiger partial charge in [0.05, 0.1) is 0 Å². The molecule has 2 aromatic carbocycles. The van der Waals surface area contributed by atoms with Gasteiger partial charge in [-0.05, 0) is 62.6 Å². The van der Waals surface area contributed by atoms with Crippen molar-refractivity contribution in [1.82, 2.24) is 4.90 Å². The summed E-state index contributed by atoms with van der Waals surface area (Å²) in [5.74, 6) is 0.787. The highest BCUT2D eigenvalue weighted by molar-refractivity contribution is 5.98. The molecule has 28 heavy (non-hydrogen) atoms. The Labute approximate surface area is 167 Å². The summed E-state index contributed by atoms with van der Waals surface area (Å²) in [4.78, 5) is 26.7. The van der Waals surface area contributed by atoms with Crippen LogP contribution in [0.3, 0.4) is 0 Å². The predicted molar refractivity (Wildman–Crippen MR) is 113 cm³/mol. The third-order valence-corrected chi connectivity index (χ3v) is 4.66. The molecular formula is C23H30N2O3. The molecule has 2 rings (SSSR count). The molecule has 0 saturated carbocycles. The van der Waals surface area contributed by atoms with Crippen molar-refractivity contribution in [2.75, 3.05) is 18.4 Å². The fourth-order valence-corrected chi connectivity index (χ4v) is 2.86. The van der Waals surface area contributed by atoms with Gasteiger partial charge in [0, 0.05) is 24.3 Å². The lowest BCUT2D eigenvalue weighted by molar-refractivity contribution is -0.122. The lowest BCUT2D eigenvalue weighted by atomic mass is 10.0. The van der Waals surface area contributed by atoms with E-state index in [2.05, 4.69) is 19.2 Å². The van der Waals surface area contributed by atoms with Crippen molar-refractivity contribution in [1.29, 1.82) is 0 Å². The van der Waals surface area contributed by atoms with Crippen molar-refractivity contribution in [3.8, 4) is 5.75 Å². The van der Waals surface area contributed by atoms with Crippen LogP contribution in [-0.4, -0.2) is 35.9 Å². The normalized spacial score (nSPS) is 11.8. The standard InChI is InChI=1S/C23H30N2O3/c1-6-25(7-2)23(27)19-9-8-10-20(15-19)24-22(26)17(5)28-21-13-11-18(12-14-21)16(3)4/h8-17H,6-7H2,1-5H3,(H,24,26). The van der Waals surface area contributed by atoms with Crippen LogP contribution < -0.4 is 10.1 Å². The van der Waals surface area contributed by atoms with Crippen LogP contribution in [0.2, 0.25) is 0 Å². The summed E-state index contributed by atoms with van der Waals surface area (Å²) >= 11 is 0. The van der Waals surface area contributed by atoms with Crippen molar-refractivity contribution in [3.63, 3.8) is 0 Å². The zero-order valence-electron chi connectivity index (χ0n) is 17.4. The number of carbonyl (C=O) groups is 2. The Morgan fingerprint density at radius 1 is 1.00 bits per heavy atom. The van der Waals surface area contributed by atoms with Gasteiger partial charge in [-0.2, -0.15) is 0 Å². The summed E-state index contributed by atoms with van der Waals surface area (Å²) in [6.45, 7) is 11.1. The number of nitrogens with zero attached hydrogens (tertiary/aromatic N) is 1. The summed E-state index contributed by atoms with van der Waals surface area (Å²) < 4.78 is 5.75. The van der Waals surface area contributed by atoms with Gasteiger partial charge in [0.2, 0.25) is 0 Å². The highest BCUT2D eigenvalue weighted by atomic mass is 16.5. The molecule has 0 radical (unpaired) electrons. The number of hydrogen-bond donors (Lipinski definition) is 1. The molecule has 0 aliphatic rings. The SMILES string of the molecule is CCN(CC)C(=O)c1cccc(NC(=O)C(C)Oc2ccc(C(C)C)cc2)c1. The van der Waals surface area contributed by atoms with E-state index in [4.69, 9.17) is 4.74 Å². The van der Waals surface area contributed by atoms with Gasteiger partial charge >= 0.3 is 0 Å². The Morgan fingerprint density at radius 2 is 1.64 bits per heavy atom. The number of amides is 2. The first kappa shape index (κ1) is 21.5. The fourth-order valence-electron chi connectivity index (χ4n) is 2.86. The number of rotatable bonds is 8. The van der Waals surface area contributed by atoms with Gasteiger partial charge in [-0.15, -0.1) is 0 Å². The molecule has 2 aromatic rings. The molecule has 5 nitrogen and oxygen atoms in total. The van der Waals surface area contributed by atoms with Crippen LogP contribution in [0.15, 0.2) is 48.5 Å². The highest BCUT2D eigenvalue weighted by Gasteiger charge is 2.17. The molecule has 0 heterocycles. The van der Waals surface area contributed by atoms with Crippen LogP contribution >= 0.6 is 0 Å². The molecule has 150 valence electrons. The van der Waals surface area contributed by atoms with Crippen molar-refractivity contribution < 1.29 is 14.3 Å². The van der Waals surface area contributed by atoms with Gasteiger partial charge in [-0.25, -0.2) is 0 Å². The topological polar surface area (TPSA) is 58.6 Å². The molecule has 5 heteroatoms. The van der Waals surface area contributed by atoms with Crippen LogP contribution in [-0.2, 0) is 4.79 Å². The molecule has 0 aliphatic carbocycles. The maximum Gasteiger partial charge on any atom is 0.265 e. The monoisotopic (exact) mass is 382 g/mol. The van der Waals surface area contributed by atoms with E-state index in [9.17, 15) is 9.59 Å². The molecule has 1 unspecified atom stereocenters. The van der Waals surface area contributed by atoms with E-state index in [0.717, 1.165) is 0 Å². The molecule has 1 atom stereocenters. The lowest BCUT2D eigenvalue weighted by Gasteiger charge is -2.19. The Hall–Kier alpha value is -2.82. The number of nitrogens with one attached hydrogen (secondary N) is 1. The zero-order chi connectivity index (χ0) is 20.7. The number of carbonyl (C=O) groups excluding carboxylic acids is 2. The average Bonchev–Trinajstić information content (AvgIpc) is 2.69. The van der Waals surface area contributed by atoms with E-state index in [1.54, 1.807) is 36.1 Å². The molecule has 2 amide bonds. The maximum atomic E-state index is 12.5. The third-order valence-electron chi connectivity index (χ3n) is 4.66. The first-order chi connectivity index (χ1) is 13.3. The number of ether oxygens (including phenoxy) is 1. The second-order valence-corrected chi connectivity index (χ2v) is 7.03. The minimum Gasteiger partial charge on any atom is -0.481 e. The van der Waals surface area contributed by atoms with E-state index < -0.39 is 6.10 Å². The van der Waals surface area contributed by atoms with Crippen LogP contribution in [0.1, 0.15) is 56.5 Å². The molecule has 0 fully saturated rings. The average molecular weight is 383 g/mol. The largest absolute Gasteiger partial charge is 0.481 e. The van der Waals surface area contributed by atoms with Crippen molar-refractivity contribution in [3.05, 3.63) is 59.7 Å². The smallest absolute Gasteiger partial charge is 0.265 e. The van der Waals surface area contributed by atoms with Gasteiger partial charge < -0.3 is 15.0 Å². The number of hydrogen-bond acceptors (Lipinski definition) is 3. The van der Waals surface area contributed by atoms with E-state index >= 15 is 0 Å². The van der Waals surface area contributed by atoms with Gasteiger partial charge in [0.15, 0.2) is 6.10 Å². The minimum absolute atomic E-state index is 0.0457. The summed E-state index contributed by atoms with van der Waals surface area (Å²) in [5.41, 5.74) is 2.35. The molecule has 0 spiro atoms. The van der Waals surface area contributed by atoms with Crippen LogP contribution in [0.25, 0.3) is 0 Å². The third kappa shape index (κ3) is 5.59. The van der Waals surface area contributed by atoms with Gasteiger partial charge in [-0.3, -0.25) is 9.59 Å². The molecular weight excluding hydrogens is 352 g/mol. The predicted octanol–water partition coefficient (Wildman–Crippen LogP) is 4.70. The summed E-state index contributed by atoms with van der Waals surface area (Å²) in [7, 11) is 0. The summed E-state index contributed by atoms with van der Waals surface area (Å²) in [6, 6.07) is 14.8. The maximum absolute atomic E-state index is 12.5. The van der Waals surface area contributed by atoms with Gasteiger partial charge in [0.25, 0.3) is 11.8 Å². The fraction of sp³-hybridized carbons (Fsp3) is 0.391. The van der Waals surface area contributed by atoms with E-state index in [1.807, 2.05) is 38.1 Å². The number of benzene rings is 2. The minimum atomic E-state index is -0.660. The van der Waals surface area contributed by atoms with Crippen molar-refractivity contribution in [2.24, 2.45) is 0 Å². The zero-order valence-corrected chi connectivity index (χ0v) is 17.4. The molecule has 0 saturated heterocycles. The Morgan fingerprint density at radius 3 is 2.21 bits per heavy atom. The van der Waals surface area contributed by atoms with Crippen LogP contribution in [0.4, 0.5) is 5.69 Å². The first-order valence-corrected chi connectivity index (χ1v) is 9.82. The van der Waals surface area contributed by atoms with Crippen molar-refractivity contribution >= 4 is 17.5 Å². The number of anilines is 1. The first-order valence-electron chi connectivity index (χ1n) is 9.82. The molecule has 1 N–H and O–H groups in total. The van der Waals surface area contributed by atoms with Gasteiger partial charge in [-0.1, -0.05) is 32.0 Å². The lowest BCUT2D eigenvalue weighted by Crippen LogP contribution is -2.31. The Bertz CT molecular complexity index is 796. The molecule has 0 aromatic heterocycles. The quantitative estimate of drug-likeness (QED) is 0.720. The molecule has 0 aliphatic heterocycles. The Kier molecular flexibility index (Phi) is 7.61. The van der Waals surface area contributed by atoms with E-state index in [0.29, 0.717) is 36.0 Å². The van der Waals surface area contributed by atoms with Crippen molar-refractivity contribution in [2.45, 2.75) is 46.6 Å². The second-order valence-electron chi connectivity index (χ2n) is 7.03. The van der Waals surface area contributed by atoms with Crippen LogP contribution in [0, 0.1) is 0 Å². The van der Waals surface area contributed by atoms with Crippen LogP contribution in [0.5, 0.6) is 5.75 Å².